The van der Waals surface area contributed by atoms with Crippen molar-refractivity contribution in [2.24, 2.45) is 5.41 Å². The summed E-state index contributed by atoms with van der Waals surface area (Å²) in [7, 11) is 0. The van der Waals surface area contributed by atoms with Gasteiger partial charge in [-0.05, 0) is 18.9 Å². The molecular formula is C13H20ClFN2O. The van der Waals surface area contributed by atoms with Gasteiger partial charge in [-0.15, -0.1) is 0 Å². The molecule has 5 heteroatoms. The number of nitrogen functional groups attached to an aromatic ring is 1. The summed E-state index contributed by atoms with van der Waals surface area (Å²) in [5.41, 5.74) is 6.45. The monoisotopic (exact) mass is 274 g/mol. The third-order valence-corrected chi connectivity index (χ3v) is 3.87. The van der Waals surface area contributed by atoms with Gasteiger partial charge in [0.2, 0.25) is 0 Å². The van der Waals surface area contributed by atoms with E-state index in [0.717, 1.165) is 12.8 Å². The molecule has 0 fully saturated rings. The van der Waals surface area contributed by atoms with Crippen LogP contribution in [0.25, 0.3) is 0 Å². The first-order valence-corrected chi connectivity index (χ1v) is 6.45. The molecule has 0 bridgehead atoms. The summed E-state index contributed by atoms with van der Waals surface area (Å²) in [4.78, 5) is 0. The summed E-state index contributed by atoms with van der Waals surface area (Å²) in [5, 5.41) is 12.6. The van der Waals surface area contributed by atoms with Gasteiger partial charge < -0.3 is 16.2 Å². The second-order valence-electron chi connectivity index (χ2n) is 4.57. The van der Waals surface area contributed by atoms with Crippen molar-refractivity contribution in [3.8, 4) is 0 Å². The van der Waals surface area contributed by atoms with Gasteiger partial charge in [-0.25, -0.2) is 4.39 Å². The normalized spacial score (nSPS) is 11.6. The van der Waals surface area contributed by atoms with Crippen LogP contribution in [-0.4, -0.2) is 18.3 Å². The van der Waals surface area contributed by atoms with Gasteiger partial charge in [-0.1, -0.05) is 25.4 Å². The first-order chi connectivity index (χ1) is 8.48. The number of halogens is 2. The smallest absolute Gasteiger partial charge is 0.143 e. The molecule has 0 aliphatic rings. The summed E-state index contributed by atoms with van der Waals surface area (Å²) < 4.78 is 13.2. The molecule has 18 heavy (non-hydrogen) atoms. The van der Waals surface area contributed by atoms with Crippen molar-refractivity contribution in [3.05, 3.63) is 23.0 Å². The Bertz CT molecular complexity index is 400. The van der Waals surface area contributed by atoms with Gasteiger partial charge in [0.25, 0.3) is 0 Å². The van der Waals surface area contributed by atoms with Crippen LogP contribution >= 0.6 is 11.6 Å². The molecule has 0 radical (unpaired) electrons. The molecule has 1 aromatic carbocycles. The lowest BCUT2D eigenvalue weighted by atomic mass is 9.83. The van der Waals surface area contributed by atoms with E-state index in [1.807, 2.05) is 13.8 Å². The van der Waals surface area contributed by atoms with Crippen LogP contribution < -0.4 is 11.1 Å². The van der Waals surface area contributed by atoms with Crippen LogP contribution in [0.15, 0.2) is 12.1 Å². The molecule has 0 aliphatic heterocycles. The Balaban J connectivity index is 2.83. The number of nitrogens with two attached hydrogens (primary N) is 1. The molecule has 102 valence electrons. The molecule has 3 nitrogen and oxygen atoms in total. The Hall–Kier alpha value is -1.00. The van der Waals surface area contributed by atoms with Crippen LogP contribution in [0.1, 0.15) is 26.7 Å². The number of nitrogens with one attached hydrogen (secondary N) is 1. The highest BCUT2D eigenvalue weighted by atomic mass is 35.5. The first kappa shape index (κ1) is 15.1. The summed E-state index contributed by atoms with van der Waals surface area (Å²) in [6.45, 7) is 4.73. The van der Waals surface area contributed by atoms with E-state index >= 15 is 0 Å². The summed E-state index contributed by atoms with van der Waals surface area (Å²) in [6, 6.07) is 2.67. The summed E-state index contributed by atoms with van der Waals surface area (Å²) in [6.07, 6.45) is 1.70. The topological polar surface area (TPSA) is 58.3 Å². The van der Waals surface area contributed by atoms with Gasteiger partial charge in [-0.3, -0.25) is 0 Å². The quantitative estimate of drug-likeness (QED) is 0.698. The average Bonchev–Trinajstić information content (AvgIpc) is 2.37. The third-order valence-electron chi connectivity index (χ3n) is 3.58. The largest absolute Gasteiger partial charge is 0.397 e. The highest BCUT2D eigenvalue weighted by Gasteiger charge is 2.25. The van der Waals surface area contributed by atoms with Gasteiger partial charge in [0.1, 0.15) is 5.82 Å². The molecule has 0 saturated heterocycles. The molecule has 0 unspecified atom stereocenters. The van der Waals surface area contributed by atoms with Crippen molar-refractivity contribution < 1.29 is 9.50 Å². The number of aliphatic hydroxyl groups is 1. The molecule has 0 atom stereocenters. The average molecular weight is 275 g/mol. The van der Waals surface area contributed by atoms with Crippen molar-refractivity contribution in [2.45, 2.75) is 26.7 Å². The molecule has 0 spiro atoms. The lowest BCUT2D eigenvalue weighted by Gasteiger charge is -2.30. The maximum absolute atomic E-state index is 13.2. The van der Waals surface area contributed by atoms with Gasteiger partial charge in [0, 0.05) is 18.0 Å². The maximum Gasteiger partial charge on any atom is 0.143 e. The van der Waals surface area contributed by atoms with Crippen LogP contribution in [0, 0.1) is 11.2 Å². The van der Waals surface area contributed by atoms with E-state index in [-0.39, 0.29) is 17.0 Å². The van der Waals surface area contributed by atoms with Crippen molar-refractivity contribution in [1.82, 2.24) is 0 Å². The predicted molar refractivity (Wildman–Crippen MR) is 74.4 cm³/mol. The molecule has 1 aromatic rings. The molecule has 0 aromatic heterocycles. The van der Waals surface area contributed by atoms with Gasteiger partial charge in [-0.2, -0.15) is 0 Å². The lowest BCUT2D eigenvalue weighted by molar-refractivity contribution is 0.127. The number of hydrogen-bond acceptors (Lipinski definition) is 3. The van der Waals surface area contributed by atoms with E-state index in [1.54, 1.807) is 0 Å². The van der Waals surface area contributed by atoms with Crippen LogP contribution in [0.3, 0.4) is 0 Å². The maximum atomic E-state index is 13.2. The number of hydrogen-bond donors (Lipinski definition) is 3. The van der Waals surface area contributed by atoms with Gasteiger partial charge >= 0.3 is 0 Å². The number of anilines is 2. The molecule has 0 heterocycles. The second-order valence-corrected chi connectivity index (χ2v) is 4.98. The Labute approximate surface area is 112 Å². The van der Waals surface area contributed by atoms with Crippen LogP contribution in [0.4, 0.5) is 15.8 Å². The zero-order valence-corrected chi connectivity index (χ0v) is 11.5. The van der Waals surface area contributed by atoms with Crippen molar-refractivity contribution in [2.75, 3.05) is 24.2 Å². The van der Waals surface area contributed by atoms with E-state index in [9.17, 15) is 9.50 Å². The van der Waals surface area contributed by atoms with E-state index in [4.69, 9.17) is 17.3 Å². The zero-order valence-electron chi connectivity index (χ0n) is 10.8. The number of aliphatic hydroxyl groups excluding tert-OH is 1. The first-order valence-electron chi connectivity index (χ1n) is 6.07. The number of benzene rings is 1. The van der Waals surface area contributed by atoms with Crippen LogP contribution in [-0.2, 0) is 0 Å². The molecule has 1 rings (SSSR count). The fourth-order valence-electron chi connectivity index (χ4n) is 1.78. The molecular weight excluding hydrogens is 255 g/mol. The molecule has 0 aliphatic carbocycles. The molecule has 0 amide bonds. The van der Waals surface area contributed by atoms with Gasteiger partial charge in [0.15, 0.2) is 0 Å². The number of rotatable bonds is 6. The third kappa shape index (κ3) is 3.27. The van der Waals surface area contributed by atoms with Crippen molar-refractivity contribution in [1.29, 1.82) is 0 Å². The van der Waals surface area contributed by atoms with Gasteiger partial charge in [0.05, 0.1) is 23.0 Å². The van der Waals surface area contributed by atoms with Crippen LogP contribution in [0.2, 0.25) is 5.02 Å². The highest BCUT2D eigenvalue weighted by Crippen LogP contribution is 2.30. The SMILES string of the molecule is CCC(CC)(CO)CNc1cc(Cl)c(F)cc1N. The van der Waals surface area contributed by atoms with E-state index in [1.165, 1.54) is 12.1 Å². The Kier molecular flexibility index (Phi) is 5.23. The second kappa shape index (κ2) is 6.25. The predicted octanol–water partition coefficient (Wildman–Crippen LogP) is 3.27. The van der Waals surface area contributed by atoms with Crippen molar-refractivity contribution in [3.63, 3.8) is 0 Å². The van der Waals surface area contributed by atoms with Crippen LogP contribution in [0.5, 0.6) is 0 Å². The summed E-state index contributed by atoms with van der Waals surface area (Å²) >= 11 is 5.72. The zero-order chi connectivity index (χ0) is 13.8. The minimum atomic E-state index is -0.529. The summed E-state index contributed by atoms with van der Waals surface area (Å²) in [5.74, 6) is -0.529. The molecule has 4 N–H and O–H groups in total. The van der Waals surface area contributed by atoms with E-state index < -0.39 is 5.82 Å². The minimum absolute atomic E-state index is 0.0364. The van der Waals surface area contributed by atoms with E-state index in [0.29, 0.717) is 17.9 Å². The fraction of sp³-hybridized carbons (Fsp3) is 0.538. The Morgan fingerprint density at radius 2 is 2.00 bits per heavy atom. The standard InChI is InChI=1S/C13H20ClFN2O/c1-3-13(4-2,8-18)7-17-12-5-9(14)10(15)6-11(12)16/h5-6,17-18H,3-4,7-8,16H2,1-2H3. The fourth-order valence-corrected chi connectivity index (χ4v) is 1.94. The molecule has 0 saturated carbocycles. The van der Waals surface area contributed by atoms with E-state index in [2.05, 4.69) is 5.32 Å². The Morgan fingerprint density at radius 3 is 2.50 bits per heavy atom. The lowest BCUT2D eigenvalue weighted by Crippen LogP contribution is -2.32. The van der Waals surface area contributed by atoms with Crippen molar-refractivity contribution >= 4 is 23.0 Å². The highest BCUT2D eigenvalue weighted by molar-refractivity contribution is 6.31. The Morgan fingerprint density at radius 1 is 1.39 bits per heavy atom. The minimum Gasteiger partial charge on any atom is -0.397 e.